The van der Waals surface area contributed by atoms with E-state index in [4.69, 9.17) is 5.73 Å². The summed E-state index contributed by atoms with van der Waals surface area (Å²) in [6, 6.07) is 12.3. The van der Waals surface area contributed by atoms with Crippen LogP contribution in [-0.2, 0) is 10.0 Å². The molecule has 7 nitrogen and oxygen atoms in total. The van der Waals surface area contributed by atoms with Crippen molar-refractivity contribution in [3.63, 3.8) is 0 Å². The van der Waals surface area contributed by atoms with Crippen LogP contribution in [0.1, 0.15) is 11.5 Å². The number of nitrogens with zero attached hydrogens (tertiary/aromatic N) is 2. The van der Waals surface area contributed by atoms with E-state index in [0.717, 1.165) is 28.1 Å². The van der Waals surface area contributed by atoms with E-state index in [0.29, 0.717) is 0 Å². The third-order valence-corrected chi connectivity index (χ3v) is 6.58. The number of nitrogens with two attached hydrogens (primary N) is 1. The van der Waals surface area contributed by atoms with E-state index in [1.165, 1.54) is 0 Å². The first kappa shape index (κ1) is 18.4. The molecule has 1 saturated heterocycles. The molecule has 26 heavy (non-hydrogen) atoms. The maximum absolute atomic E-state index is 14.2. The molecule has 0 unspecified atom stereocenters. The molecule has 3 rings (SSSR count). The summed E-state index contributed by atoms with van der Waals surface area (Å²) >= 11 is 0. The summed E-state index contributed by atoms with van der Waals surface area (Å²) in [6.45, 7) is 0.439. The van der Waals surface area contributed by atoms with E-state index in [9.17, 15) is 22.9 Å². The normalized spacial score (nSPS) is 21.0. The molecule has 0 amide bonds. The maximum atomic E-state index is 14.2. The van der Waals surface area contributed by atoms with Gasteiger partial charge < -0.3 is 5.73 Å². The predicted octanol–water partition coefficient (Wildman–Crippen LogP) is 2.10. The summed E-state index contributed by atoms with van der Waals surface area (Å²) in [5.41, 5.74) is 5.98. The highest BCUT2D eigenvalue weighted by Gasteiger charge is 2.42. The minimum atomic E-state index is -4.37. The van der Waals surface area contributed by atoms with Crippen LogP contribution in [0, 0.1) is 21.8 Å². The number of hydrogen-bond donors (Lipinski definition) is 1. The molecule has 0 aromatic heterocycles. The molecular weight excluding hydrogens is 361 g/mol. The zero-order chi connectivity index (χ0) is 18.9. The van der Waals surface area contributed by atoms with Crippen LogP contribution in [0.4, 0.5) is 10.1 Å². The second-order valence-corrected chi connectivity index (χ2v) is 8.05. The van der Waals surface area contributed by atoms with Crippen molar-refractivity contribution >= 4 is 15.7 Å². The average molecular weight is 379 g/mol. The standard InChI is InChI=1S/C17H18FN3O4S/c18-15-7-4-8-16(21(22)23)17(15)26(24,25)20-10-13(9-19)14(11-20)12-5-2-1-3-6-12/h1-8,13-14H,9-11,19H2/t13-,14+/m1/s1. The fraction of sp³-hybridized carbons (Fsp3) is 0.294. The molecule has 0 radical (unpaired) electrons. The summed E-state index contributed by atoms with van der Waals surface area (Å²) in [4.78, 5) is 9.40. The molecule has 0 saturated carbocycles. The number of halogens is 1. The molecular formula is C17H18FN3O4S. The Kier molecular flexibility index (Phi) is 5.03. The highest BCUT2D eigenvalue weighted by Crippen LogP contribution is 2.37. The Labute approximate surface area is 150 Å². The van der Waals surface area contributed by atoms with Gasteiger partial charge >= 0.3 is 0 Å². The van der Waals surface area contributed by atoms with Crippen LogP contribution in [0.3, 0.4) is 0 Å². The van der Waals surface area contributed by atoms with Crippen molar-refractivity contribution in [3.05, 3.63) is 70.0 Å². The quantitative estimate of drug-likeness (QED) is 0.632. The monoisotopic (exact) mass is 379 g/mol. The Hall–Kier alpha value is -2.36. The number of rotatable bonds is 5. The van der Waals surface area contributed by atoms with Crippen molar-refractivity contribution in [3.8, 4) is 0 Å². The molecule has 2 aromatic rings. The van der Waals surface area contributed by atoms with Crippen molar-refractivity contribution in [2.75, 3.05) is 19.6 Å². The fourth-order valence-electron chi connectivity index (χ4n) is 3.37. The van der Waals surface area contributed by atoms with Gasteiger partial charge in [-0.05, 0) is 24.1 Å². The van der Waals surface area contributed by atoms with Crippen LogP contribution in [0.2, 0.25) is 0 Å². The van der Waals surface area contributed by atoms with Gasteiger partial charge in [0.25, 0.3) is 15.7 Å². The summed E-state index contributed by atoms with van der Waals surface area (Å²) in [5, 5.41) is 11.2. The van der Waals surface area contributed by atoms with Gasteiger partial charge in [0.05, 0.1) is 4.92 Å². The Balaban J connectivity index is 2.01. The molecule has 0 spiro atoms. The van der Waals surface area contributed by atoms with Crippen LogP contribution < -0.4 is 5.73 Å². The van der Waals surface area contributed by atoms with Gasteiger partial charge in [-0.3, -0.25) is 10.1 Å². The third kappa shape index (κ3) is 3.20. The lowest BCUT2D eigenvalue weighted by Crippen LogP contribution is -2.31. The summed E-state index contributed by atoms with van der Waals surface area (Å²) in [5.74, 6) is -1.44. The first-order valence-electron chi connectivity index (χ1n) is 8.04. The molecule has 2 atom stereocenters. The van der Waals surface area contributed by atoms with Gasteiger partial charge in [-0.1, -0.05) is 36.4 Å². The number of hydrogen-bond acceptors (Lipinski definition) is 5. The van der Waals surface area contributed by atoms with Gasteiger partial charge in [-0.15, -0.1) is 0 Å². The van der Waals surface area contributed by atoms with Crippen LogP contribution in [0.5, 0.6) is 0 Å². The minimum absolute atomic E-state index is 0.0872. The van der Waals surface area contributed by atoms with Gasteiger partial charge in [0, 0.05) is 25.1 Å². The highest BCUT2D eigenvalue weighted by atomic mass is 32.2. The van der Waals surface area contributed by atoms with E-state index in [2.05, 4.69) is 0 Å². The van der Waals surface area contributed by atoms with E-state index in [1.54, 1.807) is 0 Å². The average Bonchev–Trinajstić information content (AvgIpc) is 3.07. The molecule has 1 aliphatic rings. The van der Waals surface area contributed by atoms with Gasteiger partial charge in [0.2, 0.25) is 0 Å². The second-order valence-electron chi connectivity index (χ2n) is 6.18. The van der Waals surface area contributed by atoms with E-state index >= 15 is 0 Å². The van der Waals surface area contributed by atoms with E-state index in [1.807, 2.05) is 30.3 Å². The van der Waals surface area contributed by atoms with Gasteiger partial charge in [-0.2, -0.15) is 4.31 Å². The number of benzene rings is 2. The number of nitro groups is 1. The molecule has 0 aliphatic carbocycles. The van der Waals surface area contributed by atoms with Crippen molar-refractivity contribution in [2.45, 2.75) is 10.8 Å². The molecule has 1 fully saturated rings. The number of nitro benzene ring substituents is 1. The van der Waals surface area contributed by atoms with Crippen molar-refractivity contribution < 1.29 is 17.7 Å². The maximum Gasteiger partial charge on any atom is 0.292 e. The molecule has 0 bridgehead atoms. The van der Waals surface area contributed by atoms with Crippen LogP contribution in [0.15, 0.2) is 53.4 Å². The summed E-state index contributed by atoms with van der Waals surface area (Å²) < 4.78 is 41.2. The van der Waals surface area contributed by atoms with Gasteiger partial charge in [-0.25, -0.2) is 12.8 Å². The van der Waals surface area contributed by atoms with Crippen molar-refractivity contribution in [2.24, 2.45) is 11.7 Å². The molecule has 2 aromatic carbocycles. The first-order valence-corrected chi connectivity index (χ1v) is 9.48. The highest BCUT2D eigenvalue weighted by molar-refractivity contribution is 7.89. The largest absolute Gasteiger partial charge is 0.330 e. The Bertz CT molecular complexity index is 921. The van der Waals surface area contributed by atoms with Gasteiger partial charge in [0.1, 0.15) is 5.82 Å². The molecule has 1 heterocycles. The smallest absolute Gasteiger partial charge is 0.292 e. The lowest BCUT2D eigenvalue weighted by atomic mass is 9.89. The zero-order valence-corrected chi connectivity index (χ0v) is 14.6. The van der Waals surface area contributed by atoms with Crippen molar-refractivity contribution in [1.29, 1.82) is 0 Å². The Morgan fingerprint density at radius 2 is 1.85 bits per heavy atom. The van der Waals surface area contributed by atoms with E-state index in [-0.39, 0.29) is 31.5 Å². The van der Waals surface area contributed by atoms with Crippen molar-refractivity contribution in [1.82, 2.24) is 4.31 Å². The SMILES string of the molecule is NC[C@@H]1CN(S(=O)(=O)c2c(F)cccc2[N+](=O)[O-])C[C@H]1c1ccccc1. The summed E-state index contributed by atoms with van der Waals surface area (Å²) in [7, 11) is -4.37. The predicted molar refractivity (Wildman–Crippen MR) is 93.5 cm³/mol. The zero-order valence-electron chi connectivity index (χ0n) is 13.8. The summed E-state index contributed by atoms with van der Waals surface area (Å²) in [6.07, 6.45) is 0. The lowest BCUT2D eigenvalue weighted by molar-refractivity contribution is -0.388. The molecule has 2 N–H and O–H groups in total. The van der Waals surface area contributed by atoms with E-state index < -0.39 is 31.3 Å². The van der Waals surface area contributed by atoms with Crippen LogP contribution in [-0.4, -0.2) is 37.3 Å². The van der Waals surface area contributed by atoms with Crippen LogP contribution >= 0.6 is 0 Å². The first-order chi connectivity index (χ1) is 12.4. The third-order valence-electron chi connectivity index (χ3n) is 4.68. The van der Waals surface area contributed by atoms with Crippen LogP contribution in [0.25, 0.3) is 0 Å². The topological polar surface area (TPSA) is 107 Å². The fourth-order valence-corrected chi connectivity index (χ4v) is 5.09. The number of sulfonamides is 1. The second kappa shape index (κ2) is 7.10. The van der Waals surface area contributed by atoms with Gasteiger partial charge in [0.15, 0.2) is 4.90 Å². The lowest BCUT2D eigenvalue weighted by Gasteiger charge is -2.17. The Morgan fingerprint density at radius 1 is 1.15 bits per heavy atom. The molecule has 138 valence electrons. The molecule has 9 heteroatoms. The Morgan fingerprint density at radius 3 is 2.46 bits per heavy atom. The molecule has 1 aliphatic heterocycles. The minimum Gasteiger partial charge on any atom is -0.330 e.